The molecule has 1 heterocycles. The van der Waals surface area contributed by atoms with Crippen LogP contribution in [0.3, 0.4) is 0 Å². The number of rotatable bonds is 4. The van der Waals surface area contributed by atoms with E-state index in [-0.39, 0.29) is 12.2 Å². The number of nitro groups is 1. The van der Waals surface area contributed by atoms with Gasteiger partial charge in [-0.05, 0) is 28.1 Å². The van der Waals surface area contributed by atoms with Gasteiger partial charge in [0.05, 0.1) is 22.2 Å². The van der Waals surface area contributed by atoms with Crippen LogP contribution in [-0.2, 0) is 6.54 Å². The molecule has 0 unspecified atom stereocenters. The van der Waals surface area contributed by atoms with Crippen molar-refractivity contribution in [1.29, 1.82) is 0 Å². The average Bonchev–Trinajstić information content (AvgIpc) is 2.89. The summed E-state index contributed by atoms with van der Waals surface area (Å²) < 4.78 is 2.26. The fraction of sp³-hybridized carbons (Fsp3) is 0.0714. The molecule has 0 saturated heterocycles. The highest BCUT2D eigenvalue weighted by Gasteiger charge is 2.12. The van der Waals surface area contributed by atoms with Gasteiger partial charge in [-0.15, -0.1) is 0 Å². The summed E-state index contributed by atoms with van der Waals surface area (Å²) >= 11 is 6.05. The lowest BCUT2D eigenvalue weighted by molar-refractivity contribution is -0.384. The van der Waals surface area contributed by atoms with Gasteiger partial charge < -0.3 is 0 Å². The Labute approximate surface area is 134 Å². The highest BCUT2D eigenvalue weighted by molar-refractivity contribution is 6.32. The molecule has 0 aliphatic carbocycles. The fourth-order valence-corrected chi connectivity index (χ4v) is 2.26. The molecule has 0 atom stereocenters. The SMILES string of the molecule is O=c1n(Cc2ccc([N+](=O)[O-])cc2)nnn1-c1ccccc1Cl. The van der Waals surface area contributed by atoms with Crippen LogP contribution in [0.25, 0.3) is 5.69 Å². The zero-order valence-corrected chi connectivity index (χ0v) is 12.4. The van der Waals surface area contributed by atoms with Crippen molar-refractivity contribution in [3.63, 3.8) is 0 Å². The van der Waals surface area contributed by atoms with Gasteiger partial charge in [0, 0.05) is 12.1 Å². The monoisotopic (exact) mass is 331 g/mol. The Morgan fingerprint density at radius 2 is 1.78 bits per heavy atom. The first-order valence-corrected chi connectivity index (χ1v) is 6.95. The third-order valence-corrected chi connectivity index (χ3v) is 3.52. The molecule has 0 bridgehead atoms. The summed E-state index contributed by atoms with van der Waals surface area (Å²) in [6.45, 7) is 0.154. The van der Waals surface area contributed by atoms with Crippen molar-refractivity contribution in [3.8, 4) is 5.69 Å². The molecule has 3 rings (SSSR count). The predicted molar refractivity (Wildman–Crippen MR) is 82.8 cm³/mol. The van der Waals surface area contributed by atoms with Crippen molar-refractivity contribution in [1.82, 2.24) is 19.8 Å². The molecule has 0 radical (unpaired) electrons. The number of aromatic nitrogens is 4. The van der Waals surface area contributed by atoms with E-state index in [9.17, 15) is 14.9 Å². The molecule has 2 aromatic carbocycles. The molecule has 116 valence electrons. The van der Waals surface area contributed by atoms with E-state index in [4.69, 9.17) is 11.6 Å². The maximum Gasteiger partial charge on any atom is 0.368 e. The van der Waals surface area contributed by atoms with E-state index < -0.39 is 10.6 Å². The number of nitro benzene ring substituents is 1. The maximum atomic E-state index is 12.3. The normalized spacial score (nSPS) is 10.7. The van der Waals surface area contributed by atoms with Crippen molar-refractivity contribution in [2.45, 2.75) is 6.54 Å². The number of hydrogen-bond acceptors (Lipinski definition) is 5. The summed E-state index contributed by atoms with van der Waals surface area (Å²) in [5, 5.41) is 18.6. The molecule has 3 aromatic rings. The fourth-order valence-electron chi connectivity index (χ4n) is 2.04. The van der Waals surface area contributed by atoms with Crippen LogP contribution in [0.1, 0.15) is 5.56 Å². The molecular formula is C14H10ClN5O3. The lowest BCUT2D eigenvalue weighted by Gasteiger charge is -2.01. The highest BCUT2D eigenvalue weighted by atomic mass is 35.5. The Balaban J connectivity index is 1.89. The number of hydrogen-bond donors (Lipinski definition) is 0. The summed E-state index contributed by atoms with van der Waals surface area (Å²) in [7, 11) is 0. The van der Waals surface area contributed by atoms with Gasteiger partial charge in [0.15, 0.2) is 0 Å². The zero-order valence-electron chi connectivity index (χ0n) is 11.7. The number of halogens is 1. The van der Waals surface area contributed by atoms with Crippen LogP contribution in [0.15, 0.2) is 53.3 Å². The number of para-hydroxylation sites is 1. The lowest BCUT2D eigenvalue weighted by Crippen LogP contribution is -2.24. The molecule has 1 aromatic heterocycles. The van der Waals surface area contributed by atoms with Gasteiger partial charge in [-0.25, -0.2) is 4.79 Å². The van der Waals surface area contributed by atoms with Gasteiger partial charge in [-0.2, -0.15) is 9.36 Å². The molecule has 0 aliphatic heterocycles. The summed E-state index contributed by atoms with van der Waals surface area (Å²) in [5.74, 6) is 0. The minimum Gasteiger partial charge on any atom is -0.258 e. The van der Waals surface area contributed by atoms with Gasteiger partial charge in [-0.1, -0.05) is 35.9 Å². The molecule has 8 nitrogen and oxygen atoms in total. The predicted octanol–water partition coefficient (Wildman–Crippen LogP) is 2.04. The van der Waals surface area contributed by atoms with Crippen LogP contribution in [0, 0.1) is 10.1 Å². The summed E-state index contributed by atoms with van der Waals surface area (Å²) in [4.78, 5) is 22.5. The van der Waals surface area contributed by atoms with Crippen LogP contribution < -0.4 is 5.69 Å². The van der Waals surface area contributed by atoms with E-state index in [1.807, 2.05) is 0 Å². The molecule has 0 fully saturated rings. The number of non-ortho nitro benzene ring substituents is 1. The first-order chi connectivity index (χ1) is 11.1. The minimum atomic E-state index is -0.483. The lowest BCUT2D eigenvalue weighted by atomic mass is 10.2. The first-order valence-electron chi connectivity index (χ1n) is 6.57. The maximum absolute atomic E-state index is 12.3. The summed E-state index contributed by atoms with van der Waals surface area (Å²) in [6.07, 6.45) is 0. The topological polar surface area (TPSA) is 95.8 Å². The molecule has 9 heteroatoms. The summed E-state index contributed by atoms with van der Waals surface area (Å²) in [5.41, 5.74) is 0.676. The van der Waals surface area contributed by atoms with Gasteiger partial charge in [-0.3, -0.25) is 10.1 Å². The van der Waals surface area contributed by atoms with Crippen molar-refractivity contribution < 1.29 is 4.92 Å². The molecule has 0 N–H and O–H groups in total. The van der Waals surface area contributed by atoms with E-state index in [2.05, 4.69) is 10.4 Å². The second kappa shape index (κ2) is 6.01. The smallest absolute Gasteiger partial charge is 0.258 e. The molecule has 23 heavy (non-hydrogen) atoms. The van der Waals surface area contributed by atoms with Gasteiger partial charge in [0.2, 0.25) is 0 Å². The van der Waals surface area contributed by atoms with Crippen LogP contribution in [0.4, 0.5) is 5.69 Å². The molecule has 0 saturated carbocycles. The number of nitrogens with zero attached hydrogens (tertiary/aromatic N) is 5. The summed E-state index contributed by atoms with van der Waals surface area (Å²) in [6, 6.07) is 12.7. The molecule has 0 amide bonds. The Bertz CT molecular complexity index is 917. The quantitative estimate of drug-likeness (QED) is 0.538. The van der Waals surface area contributed by atoms with Crippen LogP contribution in [0.5, 0.6) is 0 Å². The first kappa shape index (κ1) is 14.9. The average molecular weight is 332 g/mol. The standard InChI is InChI=1S/C14H10ClN5O3/c15-12-3-1-2-4-13(12)19-14(21)18(16-17-19)9-10-5-7-11(8-6-10)20(22)23/h1-8H,9H2. The molecule has 0 spiro atoms. The van der Waals surface area contributed by atoms with Gasteiger partial charge >= 0.3 is 5.69 Å². The van der Waals surface area contributed by atoms with Crippen molar-refractivity contribution in [2.75, 3.05) is 0 Å². The molecular weight excluding hydrogens is 322 g/mol. The third kappa shape index (κ3) is 2.97. The number of benzene rings is 2. The van der Waals surface area contributed by atoms with E-state index in [0.717, 1.165) is 9.36 Å². The zero-order chi connectivity index (χ0) is 16.4. The third-order valence-electron chi connectivity index (χ3n) is 3.20. The van der Waals surface area contributed by atoms with E-state index in [0.29, 0.717) is 16.3 Å². The second-order valence-electron chi connectivity index (χ2n) is 4.71. The van der Waals surface area contributed by atoms with E-state index in [1.165, 1.54) is 12.1 Å². The van der Waals surface area contributed by atoms with Crippen molar-refractivity contribution >= 4 is 17.3 Å². The Hall–Kier alpha value is -3.00. The van der Waals surface area contributed by atoms with Crippen LogP contribution in [-0.4, -0.2) is 24.7 Å². The Morgan fingerprint density at radius 1 is 1.09 bits per heavy atom. The van der Waals surface area contributed by atoms with Gasteiger partial charge in [0.25, 0.3) is 5.69 Å². The number of tetrazole rings is 1. The van der Waals surface area contributed by atoms with Crippen LogP contribution >= 0.6 is 11.6 Å². The van der Waals surface area contributed by atoms with Crippen molar-refractivity contribution in [3.05, 3.63) is 79.7 Å². The van der Waals surface area contributed by atoms with E-state index in [1.54, 1.807) is 36.4 Å². The van der Waals surface area contributed by atoms with E-state index >= 15 is 0 Å². The minimum absolute atomic E-state index is 0.0131. The largest absolute Gasteiger partial charge is 0.368 e. The second-order valence-corrected chi connectivity index (χ2v) is 5.11. The highest BCUT2D eigenvalue weighted by Crippen LogP contribution is 2.17. The van der Waals surface area contributed by atoms with Crippen molar-refractivity contribution in [2.24, 2.45) is 0 Å². The Morgan fingerprint density at radius 3 is 2.43 bits per heavy atom. The Kier molecular flexibility index (Phi) is 3.90. The van der Waals surface area contributed by atoms with Crippen LogP contribution in [0.2, 0.25) is 5.02 Å². The molecule has 0 aliphatic rings. The van der Waals surface area contributed by atoms with Gasteiger partial charge in [0.1, 0.15) is 0 Å².